The summed E-state index contributed by atoms with van der Waals surface area (Å²) in [4.78, 5) is 12.4. The Hall–Kier alpha value is -0.790. The summed E-state index contributed by atoms with van der Waals surface area (Å²) < 4.78 is 0. The van der Waals surface area contributed by atoms with Gasteiger partial charge in [0.2, 0.25) is 5.91 Å². The van der Waals surface area contributed by atoms with Crippen LogP contribution in [0.1, 0.15) is 47.0 Å². The molecule has 1 amide bonds. The van der Waals surface area contributed by atoms with Crippen molar-refractivity contribution in [3.05, 3.63) is 12.3 Å². The highest BCUT2D eigenvalue weighted by Crippen LogP contribution is 1.89. The van der Waals surface area contributed by atoms with Crippen molar-refractivity contribution in [3.63, 3.8) is 0 Å². The number of hydrogen-bond acceptors (Lipinski definition) is 1. The summed E-state index contributed by atoms with van der Waals surface area (Å²) in [5.74, 6) is 0.146. The summed E-state index contributed by atoms with van der Waals surface area (Å²) in [5, 5.41) is 0. The molecule has 0 aliphatic heterocycles. The normalized spacial score (nSPS) is 9.31. The third-order valence-corrected chi connectivity index (χ3v) is 1.57. The predicted octanol–water partition coefficient (Wildman–Crippen LogP) is 3.19. The van der Waals surface area contributed by atoms with E-state index in [9.17, 15) is 4.79 Å². The molecule has 0 N–H and O–H groups in total. The topological polar surface area (TPSA) is 20.3 Å². The van der Waals surface area contributed by atoms with Crippen molar-refractivity contribution < 1.29 is 4.79 Å². The van der Waals surface area contributed by atoms with E-state index in [4.69, 9.17) is 0 Å². The van der Waals surface area contributed by atoms with E-state index in [1.165, 1.54) is 12.8 Å². The first-order valence-electron chi connectivity index (χ1n) is 5.02. The van der Waals surface area contributed by atoms with Crippen LogP contribution in [-0.4, -0.2) is 17.9 Å². The van der Waals surface area contributed by atoms with Gasteiger partial charge in [-0.2, -0.15) is 0 Å². The summed E-state index contributed by atoms with van der Waals surface area (Å²) in [6.07, 6.45) is 6.81. The first-order chi connectivity index (χ1) is 6.13. The molecule has 0 spiro atoms. The number of unbranched alkanes of at least 4 members (excludes halogenated alkanes) is 1. The van der Waals surface area contributed by atoms with Gasteiger partial charge in [0.15, 0.2) is 0 Å². The number of nitrogens with zero attached hydrogens (tertiary/aromatic N) is 1. The Bertz CT molecular complexity index is 139. The average Bonchev–Trinajstić information content (AvgIpc) is 2.17. The lowest BCUT2D eigenvalue weighted by molar-refractivity contribution is -0.127. The minimum Gasteiger partial charge on any atom is -0.322 e. The Morgan fingerprint density at radius 2 is 1.69 bits per heavy atom. The van der Waals surface area contributed by atoms with Gasteiger partial charge in [0.1, 0.15) is 0 Å². The summed E-state index contributed by atoms with van der Waals surface area (Å²) in [5.41, 5.74) is 0. The lowest BCUT2D eigenvalue weighted by Crippen LogP contribution is -2.18. The fourth-order valence-corrected chi connectivity index (χ4v) is 0.556. The summed E-state index contributed by atoms with van der Waals surface area (Å²) in [6, 6.07) is 0. The molecule has 0 aromatic carbocycles. The third kappa shape index (κ3) is 11.2. The van der Waals surface area contributed by atoms with Crippen molar-refractivity contribution in [2.45, 2.75) is 47.0 Å². The molecule has 2 nitrogen and oxygen atoms in total. The molecule has 2 heteroatoms. The van der Waals surface area contributed by atoms with Crippen molar-refractivity contribution in [1.82, 2.24) is 4.90 Å². The number of rotatable bonds is 3. The van der Waals surface area contributed by atoms with Crippen LogP contribution in [0.3, 0.4) is 0 Å². The van der Waals surface area contributed by atoms with E-state index in [1.54, 1.807) is 18.1 Å². The Balaban J connectivity index is 0. The molecule has 0 heterocycles. The summed E-state index contributed by atoms with van der Waals surface area (Å²) in [6.45, 7) is 8.10. The van der Waals surface area contributed by atoms with Crippen LogP contribution < -0.4 is 0 Å². The van der Waals surface area contributed by atoms with Gasteiger partial charge in [-0.25, -0.2) is 0 Å². The highest BCUT2D eigenvalue weighted by molar-refractivity contribution is 5.76. The Morgan fingerprint density at radius 1 is 1.23 bits per heavy atom. The Kier molecular flexibility index (Phi) is 12.7. The van der Waals surface area contributed by atoms with Crippen LogP contribution in [0.5, 0.6) is 0 Å². The number of hydrogen-bond donors (Lipinski definition) is 0. The molecular formula is C11H23NO. The van der Waals surface area contributed by atoms with Gasteiger partial charge in [-0.15, -0.1) is 0 Å². The van der Waals surface area contributed by atoms with Gasteiger partial charge in [0.25, 0.3) is 0 Å². The zero-order valence-electron chi connectivity index (χ0n) is 9.63. The van der Waals surface area contributed by atoms with Crippen LogP contribution in [0.4, 0.5) is 0 Å². The molecule has 0 aliphatic rings. The minimum atomic E-state index is 0.146. The van der Waals surface area contributed by atoms with Crippen LogP contribution in [0.25, 0.3) is 0 Å². The van der Waals surface area contributed by atoms with Crippen molar-refractivity contribution in [1.29, 1.82) is 0 Å². The van der Waals surface area contributed by atoms with Crippen LogP contribution in [0, 0.1) is 0 Å². The first kappa shape index (κ1) is 14.7. The highest BCUT2D eigenvalue weighted by atomic mass is 16.2. The van der Waals surface area contributed by atoms with Crippen molar-refractivity contribution >= 4 is 5.91 Å². The molecule has 78 valence electrons. The van der Waals surface area contributed by atoms with Gasteiger partial charge in [0, 0.05) is 19.7 Å². The maximum atomic E-state index is 10.8. The van der Waals surface area contributed by atoms with E-state index in [0.29, 0.717) is 6.42 Å². The van der Waals surface area contributed by atoms with Gasteiger partial charge in [-0.1, -0.05) is 39.7 Å². The van der Waals surface area contributed by atoms with Crippen LogP contribution in [0.15, 0.2) is 12.3 Å². The average molecular weight is 185 g/mol. The molecule has 13 heavy (non-hydrogen) atoms. The molecule has 0 saturated carbocycles. The zero-order chi connectivity index (χ0) is 10.7. The molecule has 0 atom stereocenters. The quantitative estimate of drug-likeness (QED) is 0.661. The fraction of sp³-hybridized carbons (Fsp3) is 0.727. The lowest BCUT2D eigenvalue weighted by Gasteiger charge is -2.08. The van der Waals surface area contributed by atoms with E-state index < -0.39 is 0 Å². The maximum Gasteiger partial charge on any atom is 0.225 e. The van der Waals surface area contributed by atoms with Crippen molar-refractivity contribution in [2.24, 2.45) is 0 Å². The van der Waals surface area contributed by atoms with Crippen LogP contribution >= 0.6 is 0 Å². The molecule has 0 bridgehead atoms. The number of carbonyl (C=O) groups is 1. The second kappa shape index (κ2) is 11.2. The van der Waals surface area contributed by atoms with Gasteiger partial charge in [0.05, 0.1) is 0 Å². The van der Waals surface area contributed by atoms with Gasteiger partial charge >= 0.3 is 0 Å². The molecule has 0 rings (SSSR count). The van der Waals surface area contributed by atoms with E-state index in [-0.39, 0.29) is 5.91 Å². The predicted molar refractivity (Wildman–Crippen MR) is 58.5 cm³/mol. The zero-order valence-corrected chi connectivity index (χ0v) is 9.63. The Labute approximate surface area is 82.6 Å². The van der Waals surface area contributed by atoms with Gasteiger partial charge in [-0.05, 0) is 6.92 Å². The Morgan fingerprint density at radius 3 is 1.92 bits per heavy atom. The van der Waals surface area contributed by atoms with Crippen molar-refractivity contribution in [2.75, 3.05) is 7.05 Å². The van der Waals surface area contributed by atoms with Crippen LogP contribution in [0.2, 0.25) is 0 Å². The monoisotopic (exact) mass is 185 g/mol. The van der Waals surface area contributed by atoms with Crippen molar-refractivity contribution in [3.8, 4) is 0 Å². The second-order valence-corrected chi connectivity index (χ2v) is 2.84. The van der Waals surface area contributed by atoms with E-state index in [2.05, 4.69) is 13.8 Å². The van der Waals surface area contributed by atoms with E-state index in [0.717, 1.165) is 0 Å². The second-order valence-electron chi connectivity index (χ2n) is 2.84. The summed E-state index contributed by atoms with van der Waals surface area (Å²) >= 11 is 0. The lowest BCUT2D eigenvalue weighted by atomic mass is 10.4. The summed E-state index contributed by atoms with van der Waals surface area (Å²) in [7, 11) is 1.76. The van der Waals surface area contributed by atoms with E-state index >= 15 is 0 Å². The number of allylic oxidation sites excluding steroid dienone is 1. The van der Waals surface area contributed by atoms with E-state index in [1.807, 2.05) is 19.9 Å². The van der Waals surface area contributed by atoms with Gasteiger partial charge < -0.3 is 4.90 Å². The SMILES string of the molecule is C/C=C\N(C)C(=O)CC.CCCC. The standard InChI is InChI=1S/C7H13NO.C4H10/c1-4-6-8(3)7(9)5-2;1-3-4-2/h4,6H,5H2,1-3H3;3-4H2,1-2H3/b6-4-;. The van der Waals surface area contributed by atoms with Crippen LogP contribution in [-0.2, 0) is 4.79 Å². The smallest absolute Gasteiger partial charge is 0.225 e. The number of carbonyl (C=O) groups excluding carboxylic acids is 1. The molecule has 0 saturated heterocycles. The molecule has 0 aliphatic carbocycles. The maximum absolute atomic E-state index is 10.8. The molecular weight excluding hydrogens is 162 g/mol. The molecule has 0 aromatic heterocycles. The number of amides is 1. The third-order valence-electron chi connectivity index (χ3n) is 1.57. The first-order valence-corrected chi connectivity index (χ1v) is 5.02. The fourth-order valence-electron chi connectivity index (χ4n) is 0.556. The molecule has 0 unspecified atom stereocenters. The van der Waals surface area contributed by atoms with Gasteiger partial charge in [-0.3, -0.25) is 4.79 Å². The minimum absolute atomic E-state index is 0.146. The molecule has 0 radical (unpaired) electrons. The largest absolute Gasteiger partial charge is 0.322 e. The molecule has 0 aromatic rings. The highest BCUT2D eigenvalue weighted by Gasteiger charge is 1.98. The molecule has 0 fully saturated rings.